The van der Waals surface area contributed by atoms with Gasteiger partial charge in [0.2, 0.25) is 0 Å². The summed E-state index contributed by atoms with van der Waals surface area (Å²) in [5, 5.41) is 11.2. The first kappa shape index (κ1) is 11.6. The molecule has 0 saturated heterocycles. The fourth-order valence-electron chi connectivity index (χ4n) is 1.55. The van der Waals surface area contributed by atoms with E-state index in [2.05, 4.69) is 15.6 Å². The predicted molar refractivity (Wildman–Crippen MR) is 64.5 cm³/mol. The molecule has 0 bridgehead atoms. The van der Waals surface area contributed by atoms with E-state index < -0.39 is 0 Å². The second-order valence-electron chi connectivity index (χ2n) is 3.84. The van der Waals surface area contributed by atoms with Crippen molar-refractivity contribution in [3.05, 3.63) is 41.7 Å². The monoisotopic (exact) mass is 232 g/mol. The fourth-order valence-corrected chi connectivity index (χ4v) is 1.55. The Morgan fingerprint density at radius 1 is 1.24 bits per heavy atom. The van der Waals surface area contributed by atoms with E-state index in [1.165, 1.54) is 5.56 Å². The number of aryl methyl sites for hydroxylation is 1. The molecule has 2 rings (SSSR count). The molecule has 0 unspecified atom stereocenters. The molecule has 17 heavy (non-hydrogen) atoms. The van der Waals surface area contributed by atoms with Crippen molar-refractivity contribution < 1.29 is 4.74 Å². The third-order valence-corrected chi connectivity index (χ3v) is 2.44. The lowest BCUT2D eigenvalue weighted by molar-refractivity contribution is 0.414. The summed E-state index contributed by atoms with van der Waals surface area (Å²) in [6.45, 7) is 1.53. The molecule has 90 valence electrons. The molecule has 1 aromatic carbocycles. The Kier molecular flexibility index (Phi) is 3.72. The smallest absolute Gasteiger partial charge is 0.118 e. The van der Waals surface area contributed by atoms with Gasteiger partial charge in [-0.3, -0.25) is 4.68 Å². The highest BCUT2D eigenvalue weighted by molar-refractivity contribution is 5.26. The van der Waals surface area contributed by atoms with Gasteiger partial charge in [-0.2, -0.15) is 0 Å². The fraction of sp³-hybridized carbons (Fsp3) is 0.333. The lowest BCUT2D eigenvalue weighted by Gasteiger charge is -2.04. The molecule has 0 spiro atoms. The number of rotatable bonds is 5. The molecule has 2 aromatic rings. The maximum Gasteiger partial charge on any atom is 0.118 e. The van der Waals surface area contributed by atoms with E-state index in [-0.39, 0.29) is 0 Å². The summed E-state index contributed by atoms with van der Waals surface area (Å²) in [4.78, 5) is 0. The average Bonchev–Trinajstić information content (AvgIpc) is 2.76. The van der Waals surface area contributed by atoms with Crippen molar-refractivity contribution >= 4 is 0 Å². The largest absolute Gasteiger partial charge is 0.497 e. The van der Waals surface area contributed by atoms with Crippen LogP contribution in [-0.2, 0) is 20.1 Å². The zero-order valence-corrected chi connectivity index (χ0v) is 10.1. The van der Waals surface area contributed by atoms with Crippen molar-refractivity contribution in [2.75, 3.05) is 7.11 Å². The van der Waals surface area contributed by atoms with Crippen LogP contribution < -0.4 is 10.1 Å². The molecule has 0 saturated carbocycles. The van der Waals surface area contributed by atoms with Crippen molar-refractivity contribution in [3.8, 4) is 5.75 Å². The Labute approximate surface area is 100 Å². The first-order chi connectivity index (χ1) is 8.28. The number of aromatic nitrogens is 3. The van der Waals surface area contributed by atoms with E-state index in [9.17, 15) is 0 Å². The quantitative estimate of drug-likeness (QED) is 0.839. The van der Waals surface area contributed by atoms with Gasteiger partial charge in [0, 0.05) is 26.3 Å². The number of benzene rings is 1. The molecule has 0 fully saturated rings. The van der Waals surface area contributed by atoms with Crippen LogP contribution in [0.15, 0.2) is 30.5 Å². The zero-order valence-electron chi connectivity index (χ0n) is 10.1. The Morgan fingerprint density at radius 2 is 2.00 bits per heavy atom. The van der Waals surface area contributed by atoms with Gasteiger partial charge in [0.15, 0.2) is 0 Å². The van der Waals surface area contributed by atoms with Crippen molar-refractivity contribution in [2.45, 2.75) is 13.1 Å². The summed E-state index contributed by atoms with van der Waals surface area (Å²) in [6, 6.07) is 8.00. The van der Waals surface area contributed by atoms with Gasteiger partial charge in [0.25, 0.3) is 0 Å². The molecule has 0 atom stereocenters. The summed E-state index contributed by atoms with van der Waals surface area (Å²) in [6.07, 6.45) is 1.90. The number of nitrogens with one attached hydrogen (secondary N) is 1. The molecule has 0 aliphatic carbocycles. The van der Waals surface area contributed by atoms with Gasteiger partial charge in [-0.1, -0.05) is 17.3 Å². The molecule has 5 nitrogen and oxygen atoms in total. The highest BCUT2D eigenvalue weighted by atomic mass is 16.5. The van der Waals surface area contributed by atoms with Crippen LogP contribution in [0, 0.1) is 0 Å². The van der Waals surface area contributed by atoms with E-state index in [0.29, 0.717) is 0 Å². The van der Waals surface area contributed by atoms with Crippen LogP contribution in [0.3, 0.4) is 0 Å². The summed E-state index contributed by atoms with van der Waals surface area (Å²) in [5.41, 5.74) is 2.16. The van der Waals surface area contributed by atoms with Gasteiger partial charge in [0.1, 0.15) is 5.75 Å². The summed E-state index contributed by atoms with van der Waals surface area (Å²) in [7, 11) is 3.53. The molecule has 0 aliphatic rings. The average molecular weight is 232 g/mol. The third-order valence-electron chi connectivity index (χ3n) is 2.44. The molecule has 1 heterocycles. The summed E-state index contributed by atoms with van der Waals surface area (Å²) >= 11 is 0. The maximum atomic E-state index is 5.10. The number of ether oxygens (including phenoxy) is 1. The van der Waals surface area contributed by atoms with Crippen LogP contribution in [-0.4, -0.2) is 22.1 Å². The number of hydrogen-bond acceptors (Lipinski definition) is 4. The van der Waals surface area contributed by atoms with Gasteiger partial charge in [-0.15, -0.1) is 5.10 Å². The van der Waals surface area contributed by atoms with Crippen LogP contribution in [0.25, 0.3) is 0 Å². The van der Waals surface area contributed by atoms with E-state index in [0.717, 1.165) is 24.5 Å². The Morgan fingerprint density at radius 3 is 2.59 bits per heavy atom. The Hall–Kier alpha value is -1.88. The molecule has 1 aromatic heterocycles. The molecule has 0 aliphatic heterocycles. The maximum absolute atomic E-state index is 5.10. The number of methoxy groups -OCH3 is 1. The highest BCUT2D eigenvalue weighted by Gasteiger charge is 1.98. The van der Waals surface area contributed by atoms with Gasteiger partial charge < -0.3 is 10.1 Å². The third kappa shape index (κ3) is 3.29. The number of hydrogen-bond donors (Lipinski definition) is 1. The molecule has 0 amide bonds. The summed E-state index contributed by atoms with van der Waals surface area (Å²) < 4.78 is 6.80. The lowest BCUT2D eigenvalue weighted by Crippen LogP contribution is -2.12. The minimum Gasteiger partial charge on any atom is -0.497 e. The highest BCUT2D eigenvalue weighted by Crippen LogP contribution is 2.10. The Balaban J connectivity index is 1.81. The minimum absolute atomic E-state index is 0.722. The van der Waals surface area contributed by atoms with Crippen LogP contribution >= 0.6 is 0 Å². The van der Waals surface area contributed by atoms with Gasteiger partial charge in [-0.25, -0.2) is 0 Å². The van der Waals surface area contributed by atoms with E-state index in [1.807, 2.05) is 37.5 Å². The summed E-state index contributed by atoms with van der Waals surface area (Å²) in [5.74, 6) is 0.877. The first-order valence-corrected chi connectivity index (χ1v) is 5.47. The van der Waals surface area contributed by atoms with Crippen molar-refractivity contribution in [1.82, 2.24) is 20.3 Å². The standard InChI is InChI=1S/C12H16N4O/c1-16-9-11(14-15-16)8-13-7-10-3-5-12(17-2)6-4-10/h3-6,9,13H,7-8H2,1-2H3. The molecule has 1 N–H and O–H groups in total. The first-order valence-electron chi connectivity index (χ1n) is 5.47. The second kappa shape index (κ2) is 5.45. The van der Waals surface area contributed by atoms with Crippen molar-refractivity contribution in [3.63, 3.8) is 0 Å². The topological polar surface area (TPSA) is 52.0 Å². The van der Waals surface area contributed by atoms with Gasteiger partial charge in [-0.05, 0) is 17.7 Å². The normalized spacial score (nSPS) is 10.5. The van der Waals surface area contributed by atoms with E-state index in [1.54, 1.807) is 11.8 Å². The molecule has 5 heteroatoms. The lowest BCUT2D eigenvalue weighted by atomic mass is 10.2. The molecular weight excluding hydrogens is 216 g/mol. The Bertz CT molecular complexity index is 464. The number of nitrogens with zero attached hydrogens (tertiary/aromatic N) is 3. The SMILES string of the molecule is COc1ccc(CNCc2cn(C)nn2)cc1. The minimum atomic E-state index is 0.722. The van der Waals surface area contributed by atoms with E-state index >= 15 is 0 Å². The van der Waals surface area contributed by atoms with Gasteiger partial charge >= 0.3 is 0 Å². The van der Waals surface area contributed by atoms with E-state index in [4.69, 9.17) is 4.74 Å². The van der Waals surface area contributed by atoms with Crippen LogP contribution in [0.1, 0.15) is 11.3 Å². The second-order valence-corrected chi connectivity index (χ2v) is 3.84. The zero-order chi connectivity index (χ0) is 12.1. The van der Waals surface area contributed by atoms with Crippen LogP contribution in [0.5, 0.6) is 5.75 Å². The molecule has 0 radical (unpaired) electrons. The predicted octanol–water partition coefficient (Wildman–Crippen LogP) is 1.11. The van der Waals surface area contributed by atoms with Crippen molar-refractivity contribution in [1.29, 1.82) is 0 Å². The van der Waals surface area contributed by atoms with Gasteiger partial charge in [0.05, 0.1) is 12.8 Å². The van der Waals surface area contributed by atoms with Crippen LogP contribution in [0.4, 0.5) is 0 Å². The van der Waals surface area contributed by atoms with Crippen molar-refractivity contribution in [2.24, 2.45) is 7.05 Å². The molecular formula is C12H16N4O. The van der Waals surface area contributed by atoms with Crippen LogP contribution in [0.2, 0.25) is 0 Å².